The molecular weight excluding hydrogens is 213 g/mol. The van der Waals surface area contributed by atoms with Crippen LogP contribution in [-0.4, -0.2) is 4.71 Å². The van der Waals surface area contributed by atoms with Crippen molar-refractivity contribution in [3.8, 4) is 0 Å². The Labute approximate surface area is 55.7 Å². The van der Waals surface area contributed by atoms with Gasteiger partial charge in [0.05, 0.1) is 0 Å². The van der Waals surface area contributed by atoms with Gasteiger partial charge in [0.1, 0.15) is 0 Å². The van der Waals surface area contributed by atoms with E-state index in [1.165, 1.54) is 0 Å². The van der Waals surface area contributed by atoms with E-state index in [0.717, 1.165) is 0 Å². The normalized spacial score (nSPS) is 21.6. The van der Waals surface area contributed by atoms with Crippen LogP contribution in [0.25, 0.3) is 0 Å². The number of alkyl halides is 3. The Morgan fingerprint density at radius 2 is 1.00 bits per heavy atom. The molecule has 0 atom stereocenters. The standard InChI is InChI=1S/CClF7S/c2-1(3,4)10(5,6,7,8)9. The Hall–Kier alpha value is 0.150. The van der Waals surface area contributed by atoms with Crippen molar-refractivity contribution in [1.29, 1.82) is 0 Å². The van der Waals surface area contributed by atoms with Crippen LogP contribution in [0.4, 0.5) is 28.2 Å². The molecule has 0 aliphatic heterocycles. The summed E-state index contributed by atoms with van der Waals surface area (Å²) in [5, 5.41) is 0. The van der Waals surface area contributed by atoms with E-state index in [4.69, 9.17) is 0 Å². The highest BCUT2D eigenvalue weighted by molar-refractivity contribution is 8.47. The molecule has 0 spiro atoms. The second-order valence-electron chi connectivity index (χ2n) is 1.41. The Balaban J connectivity index is 5.14. The Bertz CT molecular complexity index is 144. The molecule has 0 aromatic carbocycles. The van der Waals surface area contributed by atoms with E-state index in [-0.39, 0.29) is 0 Å². The summed E-state index contributed by atoms with van der Waals surface area (Å²) in [7, 11) is -10.8. The Morgan fingerprint density at radius 3 is 1.00 bits per heavy atom. The highest BCUT2D eigenvalue weighted by Crippen LogP contribution is 3.05. The van der Waals surface area contributed by atoms with Crippen molar-refractivity contribution < 1.29 is 28.2 Å². The fourth-order valence-corrected chi connectivity index (χ4v) is 0. The van der Waals surface area contributed by atoms with Crippen LogP contribution in [0.2, 0.25) is 0 Å². The minimum absolute atomic E-state index is 3.14. The summed E-state index contributed by atoms with van der Waals surface area (Å²) in [6.07, 6.45) is 0. The lowest BCUT2D eigenvalue weighted by atomic mass is 11.6. The van der Waals surface area contributed by atoms with Gasteiger partial charge in [-0.2, -0.15) is 8.78 Å². The molecular formula is CClF7S. The van der Waals surface area contributed by atoms with E-state index in [2.05, 4.69) is 11.6 Å². The lowest BCUT2D eigenvalue weighted by Crippen LogP contribution is -2.25. The van der Waals surface area contributed by atoms with Crippen LogP contribution in [-0.2, 0) is 0 Å². The fraction of sp³-hybridized carbons (Fsp3) is 1.00. The Kier molecular flexibility index (Phi) is 1.38. The van der Waals surface area contributed by atoms with Gasteiger partial charge in [-0.15, -0.1) is 0 Å². The molecule has 0 saturated heterocycles. The van der Waals surface area contributed by atoms with Gasteiger partial charge in [0.15, 0.2) is 0 Å². The zero-order valence-electron chi connectivity index (χ0n) is 3.93. The molecule has 9 heteroatoms. The van der Waals surface area contributed by atoms with Crippen molar-refractivity contribution in [3.05, 3.63) is 0 Å². The zero-order chi connectivity index (χ0) is 8.91. The maximum Gasteiger partial charge on any atom is 0.460 e. The molecule has 0 aromatic heterocycles. The summed E-state index contributed by atoms with van der Waals surface area (Å²) in [5.41, 5.74) is 0. The number of hydrogen-bond acceptors (Lipinski definition) is 0. The van der Waals surface area contributed by atoms with Crippen LogP contribution in [0.3, 0.4) is 0 Å². The van der Waals surface area contributed by atoms with E-state index in [1.54, 1.807) is 0 Å². The molecule has 0 aliphatic carbocycles. The second-order valence-corrected chi connectivity index (χ2v) is 4.56. The molecule has 0 rings (SSSR count). The van der Waals surface area contributed by atoms with Crippen LogP contribution >= 0.6 is 21.8 Å². The predicted molar refractivity (Wildman–Crippen MR) is 23.9 cm³/mol. The van der Waals surface area contributed by atoms with E-state index in [0.29, 0.717) is 0 Å². The molecule has 10 heavy (non-hydrogen) atoms. The minimum atomic E-state index is -10.8. The van der Waals surface area contributed by atoms with E-state index in [9.17, 15) is 28.2 Å². The lowest BCUT2D eigenvalue weighted by Gasteiger charge is -2.42. The van der Waals surface area contributed by atoms with Gasteiger partial charge < -0.3 is 0 Å². The molecule has 0 fully saturated rings. The molecule has 0 aromatic rings. The largest absolute Gasteiger partial charge is 0.460 e. The summed E-state index contributed by atoms with van der Waals surface area (Å²) in [5.74, 6) is 0. The monoisotopic (exact) mass is 212 g/mol. The maximum absolute atomic E-state index is 10.9. The molecule has 0 radical (unpaired) electrons. The highest BCUT2D eigenvalue weighted by atomic mass is 35.5. The molecule has 0 nitrogen and oxygen atoms in total. The van der Waals surface area contributed by atoms with Crippen LogP contribution in [0.15, 0.2) is 0 Å². The first-order valence-electron chi connectivity index (χ1n) is 1.54. The summed E-state index contributed by atoms with van der Waals surface area (Å²) < 4.78 is 69.7. The van der Waals surface area contributed by atoms with E-state index >= 15 is 0 Å². The van der Waals surface area contributed by atoms with Gasteiger partial charge in [0.2, 0.25) is 0 Å². The highest BCUT2D eigenvalue weighted by Gasteiger charge is 2.83. The molecule has 0 aliphatic rings. The summed E-state index contributed by atoms with van der Waals surface area (Å²) >= 11 is 3.14. The van der Waals surface area contributed by atoms with Crippen molar-refractivity contribution in [2.75, 3.05) is 0 Å². The van der Waals surface area contributed by atoms with Crippen LogP contribution < -0.4 is 0 Å². The van der Waals surface area contributed by atoms with Crippen molar-refractivity contribution in [3.63, 3.8) is 0 Å². The SMILES string of the molecule is FC(F)(Cl)S(F)(F)(F)(F)F. The summed E-state index contributed by atoms with van der Waals surface area (Å²) in [6, 6.07) is 0. The van der Waals surface area contributed by atoms with Gasteiger partial charge in [-0.05, 0) is 11.6 Å². The van der Waals surface area contributed by atoms with Crippen molar-refractivity contribution in [1.82, 2.24) is 0 Å². The van der Waals surface area contributed by atoms with Crippen molar-refractivity contribution >= 4 is 21.8 Å². The predicted octanol–water partition coefficient (Wildman–Crippen LogP) is 4.07. The second kappa shape index (κ2) is 1.36. The molecule has 0 heterocycles. The first-order valence-corrected chi connectivity index (χ1v) is 3.87. The molecule has 0 amide bonds. The first kappa shape index (κ1) is 10.2. The number of halogens is 8. The van der Waals surface area contributed by atoms with Crippen molar-refractivity contribution in [2.45, 2.75) is 4.71 Å². The van der Waals surface area contributed by atoms with Gasteiger partial charge in [0, 0.05) is 0 Å². The van der Waals surface area contributed by atoms with Crippen LogP contribution in [0.1, 0.15) is 0 Å². The molecule has 0 N–H and O–H groups in total. The molecule has 0 unspecified atom stereocenters. The third kappa shape index (κ3) is 1.82. The maximum atomic E-state index is 10.9. The zero-order valence-corrected chi connectivity index (χ0v) is 5.50. The summed E-state index contributed by atoms with van der Waals surface area (Å²) in [6.45, 7) is 0. The average Bonchev–Trinajstić information content (AvgIpc) is 1.16. The topological polar surface area (TPSA) is 0 Å². The van der Waals surface area contributed by atoms with Gasteiger partial charge in [-0.1, -0.05) is 19.4 Å². The third-order valence-electron chi connectivity index (χ3n) is 0.437. The van der Waals surface area contributed by atoms with Gasteiger partial charge in [0.25, 0.3) is 0 Å². The average molecular weight is 213 g/mol. The Morgan fingerprint density at radius 1 is 0.900 bits per heavy atom. The smallest absolute Gasteiger partial charge is 0.168 e. The number of hydrogen-bond donors (Lipinski definition) is 0. The van der Waals surface area contributed by atoms with Gasteiger partial charge >= 0.3 is 14.9 Å². The third-order valence-corrected chi connectivity index (χ3v) is 2.19. The number of rotatable bonds is 1. The van der Waals surface area contributed by atoms with Gasteiger partial charge in [-0.3, -0.25) is 0 Å². The first-order chi connectivity index (χ1) is 3.75. The summed E-state index contributed by atoms with van der Waals surface area (Å²) in [4.78, 5) is 0. The van der Waals surface area contributed by atoms with Gasteiger partial charge in [-0.25, -0.2) is 0 Å². The van der Waals surface area contributed by atoms with Crippen LogP contribution in [0, 0.1) is 0 Å². The molecule has 66 valence electrons. The van der Waals surface area contributed by atoms with Crippen LogP contribution in [0.5, 0.6) is 0 Å². The minimum Gasteiger partial charge on any atom is -0.168 e. The van der Waals surface area contributed by atoms with E-state index in [1.807, 2.05) is 0 Å². The fourth-order valence-electron chi connectivity index (χ4n) is 0. The lowest BCUT2D eigenvalue weighted by molar-refractivity contribution is 0.120. The molecule has 0 saturated carbocycles. The quantitative estimate of drug-likeness (QED) is 0.454. The van der Waals surface area contributed by atoms with E-state index < -0.39 is 14.9 Å². The van der Waals surface area contributed by atoms with Crippen molar-refractivity contribution in [2.24, 2.45) is 0 Å². The molecule has 0 bridgehead atoms.